The molecule has 0 N–H and O–H groups in total. The molecule has 0 amide bonds. The highest BCUT2D eigenvalue weighted by atomic mass is 16.5. The molecule has 0 bridgehead atoms. The first-order chi connectivity index (χ1) is 11.7. The average molecular weight is 332 g/mol. The molecule has 0 fully saturated rings. The largest absolute Gasteiger partial charge is 0.469 e. The number of carbonyl (C=O) groups excluding carboxylic acids is 2. The highest BCUT2D eigenvalue weighted by molar-refractivity contribution is 5.94. The molecule has 24 heavy (non-hydrogen) atoms. The smallest absolute Gasteiger partial charge is 0.305 e. The molecule has 3 heteroatoms. The van der Waals surface area contributed by atoms with Crippen molar-refractivity contribution in [3.05, 3.63) is 36.5 Å². The van der Waals surface area contributed by atoms with Crippen molar-refractivity contribution >= 4 is 11.8 Å². The van der Waals surface area contributed by atoms with E-state index in [-0.39, 0.29) is 17.7 Å². The molecule has 134 valence electrons. The topological polar surface area (TPSA) is 43.4 Å². The molecule has 0 aromatic carbocycles. The Kier molecular flexibility index (Phi) is 10.8. The Morgan fingerprint density at radius 3 is 2.50 bits per heavy atom. The Labute approximate surface area is 146 Å². The lowest BCUT2D eigenvalue weighted by molar-refractivity contribution is -0.140. The molecule has 0 spiro atoms. The minimum absolute atomic E-state index is 0.0853. The Morgan fingerprint density at radius 2 is 1.79 bits per heavy atom. The zero-order valence-corrected chi connectivity index (χ0v) is 15.2. The minimum Gasteiger partial charge on any atom is -0.469 e. The van der Waals surface area contributed by atoms with Crippen LogP contribution < -0.4 is 0 Å². The van der Waals surface area contributed by atoms with E-state index in [1.54, 1.807) is 6.08 Å². The lowest BCUT2D eigenvalue weighted by atomic mass is 9.88. The summed E-state index contributed by atoms with van der Waals surface area (Å²) in [5, 5.41) is 0. The number of esters is 1. The number of rotatable bonds is 12. The third-order valence-corrected chi connectivity index (χ3v) is 4.48. The van der Waals surface area contributed by atoms with Gasteiger partial charge in [0, 0.05) is 12.3 Å². The maximum absolute atomic E-state index is 12.0. The molecular weight excluding hydrogens is 300 g/mol. The van der Waals surface area contributed by atoms with Crippen molar-refractivity contribution in [3.63, 3.8) is 0 Å². The van der Waals surface area contributed by atoms with Gasteiger partial charge in [-0.1, -0.05) is 50.1 Å². The summed E-state index contributed by atoms with van der Waals surface area (Å²) in [6, 6.07) is 0. The van der Waals surface area contributed by atoms with Crippen LogP contribution in [0.15, 0.2) is 36.5 Å². The molecule has 2 unspecified atom stereocenters. The van der Waals surface area contributed by atoms with Crippen molar-refractivity contribution in [3.8, 4) is 0 Å². The molecule has 0 saturated heterocycles. The van der Waals surface area contributed by atoms with Crippen LogP contribution in [0.1, 0.15) is 64.7 Å². The van der Waals surface area contributed by atoms with Gasteiger partial charge < -0.3 is 4.74 Å². The summed E-state index contributed by atoms with van der Waals surface area (Å²) in [6.45, 7) is 2.21. The number of allylic oxidation sites excluding steroid dienone is 6. The maximum atomic E-state index is 12.0. The first-order valence-corrected chi connectivity index (χ1v) is 9.27. The summed E-state index contributed by atoms with van der Waals surface area (Å²) in [6.07, 6.45) is 21.2. The van der Waals surface area contributed by atoms with Crippen LogP contribution in [-0.2, 0) is 14.3 Å². The number of hydrogen-bond donors (Lipinski definition) is 0. The van der Waals surface area contributed by atoms with E-state index in [4.69, 9.17) is 0 Å². The van der Waals surface area contributed by atoms with Gasteiger partial charge in [-0.05, 0) is 50.5 Å². The van der Waals surface area contributed by atoms with E-state index in [9.17, 15) is 9.59 Å². The van der Waals surface area contributed by atoms with Gasteiger partial charge in [0.25, 0.3) is 0 Å². The van der Waals surface area contributed by atoms with E-state index < -0.39 is 0 Å². The van der Waals surface area contributed by atoms with Crippen LogP contribution in [0.5, 0.6) is 0 Å². The van der Waals surface area contributed by atoms with E-state index in [0.717, 1.165) is 32.1 Å². The van der Waals surface area contributed by atoms with Gasteiger partial charge >= 0.3 is 5.97 Å². The number of hydrogen-bond acceptors (Lipinski definition) is 3. The van der Waals surface area contributed by atoms with Gasteiger partial charge in [-0.2, -0.15) is 0 Å². The van der Waals surface area contributed by atoms with Gasteiger partial charge in [-0.15, -0.1) is 0 Å². The summed E-state index contributed by atoms with van der Waals surface area (Å²) < 4.78 is 4.61. The SMILES string of the molecule is CCCCCC=CCC1C=CC(=O)C1CC=CCCCC(=O)OC. The summed E-state index contributed by atoms with van der Waals surface area (Å²) in [4.78, 5) is 23.0. The van der Waals surface area contributed by atoms with E-state index in [2.05, 4.69) is 42.0 Å². The summed E-state index contributed by atoms with van der Waals surface area (Å²) in [5.74, 6) is 0.504. The molecule has 3 nitrogen and oxygen atoms in total. The Bertz CT molecular complexity index is 460. The number of carbonyl (C=O) groups is 2. The van der Waals surface area contributed by atoms with Crippen molar-refractivity contribution in [2.75, 3.05) is 7.11 Å². The minimum atomic E-state index is -0.163. The second-order valence-corrected chi connectivity index (χ2v) is 6.41. The standard InChI is InChI=1S/C21H32O3/c1-3-4-5-6-7-10-13-18-16-17-20(22)19(18)14-11-8-9-12-15-21(23)24-2/h7-8,10-11,16-19H,3-6,9,12-15H2,1-2H3. The quantitative estimate of drug-likeness (QED) is 0.281. The van der Waals surface area contributed by atoms with E-state index in [0.29, 0.717) is 12.3 Å². The molecule has 1 aliphatic carbocycles. The van der Waals surface area contributed by atoms with Crippen molar-refractivity contribution < 1.29 is 14.3 Å². The zero-order chi connectivity index (χ0) is 17.6. The van der Waals surface area contributed by atoms with Gasteiger partial charge in [-0.3, -0.25) is 9.59 Å². The Balaban J connectivity index is 2.26. The van der Waals surface area contributed by atoms with Crippen LogP contribution in [0.25, 0.3) is 0 Å². The average Bonchev–Trinajstić information content (AvgIpc) is 2.94. The lowest BCUT2D eigenvalue weighted by Crippen LogP contribution is -2.14. The summed E-state index contributed by atoms with van der Waals surface area (Å²) >= 11 is 0. The lowest BCUT2D eigenvalue weighted by Gasteiger charge is -2.14. The van der Waals surface area contributed by atoms with Crippen LogP contribution in [0.2, 0.25) is 0 Å². The molecule has 0 radical (unpaired) electrons. The first-order valence-electron chi connectivity index (χ1n) is 9.27. The number of ketones is 1. The van der Waals surface area contributed by atoms with Gasteiger partial charge in [0.05, 0.1) is 7.11 Å². The molecule has 0 aliphatic heterocycles. The summed E-state index contributed by atoms with van der Waals surface area (Å²) in [5.41, 5.74) is 0. The Morgan fingerprint density at radius 1 is 1.08 bits per heavy atom. The molecule has 2 atom stereocenters. The van der Waals surface area contributed by atoms with Gasteiger partial charge in [0.2, 0.25) is 0 Å². The third kappa shape index (κ3) is 8.28. The molecule has 0 aromatic heterocycles. The second-order valence-electron chi connectivity index (χ2n) is 6.41. The van der Waals surface area contributed by atoms with Gasteiger partial charge in [0.1, 0.15) is 0 Å². The van der Waals surface area contributed by atoms with Crippen molar-refractivity contribution in [2.45, 2.75) is 64.7 Å². The van der Waals surface area contributed by atoms with E-state index in [1.807, 2.05) is 0 Å². The van der Waals surface area contributed by atoms with Gasteiger partial charge in [0.15, 0.2) is 5.78 Å². The van der Waals surface area contributed by atoms with Crippen LogP contribution in [-0.4, -0.2) is 18.9 Å². The number of methoxy groups -OCH3 is 1. The maximum Gasteiger partial charge on any atom is 0.305 e. The predicted octanol–water partition coefficient (Wildman–Crippen LogP) is 5.17. The fourth-order valence-electron chi connectivity index (χ4n) is 2.93. The van der Waals surface area contributed by atoms with Crippen LogP contribution in [0, 0.1) is 11.8 Å². The molecule has 0 heterocycles. The Hall–Kier alpha value is -1.64. The molecular formula is C21H32O3. The highest BCUT2D eigenvalue weighted by Crippen LogP contribution is 2.29. The summed E-state index contributed by atoms with van der Waals surface area (Å²) in [7, 11) is 1.41. The zero-order valence-electron chi connectivity index (χ0n) is 15.2. The predicted molar refractivity (Wildman–Crippen MR) is 98.7 cm³/mol. The molecule has 0 aromatic rings. The monoisotopic (exact) mass is 332 g/mol. The van der Waals surface area contributed by atoms with Crippen molar-refractivity contribution in [2.24, 2.45) is 11.8 Å². The van der Waals surface area contributed by atoms with Crippen LogP contribution >= 0.6 is 0 Å². The van der Waals surface area contributed by atoms with E-state index in [1.165, 1.54) is 26.4 Å². The normalized spacial score (nSPS) is 20.5. The third-order valence-electron chi connectivity index (χ3n) is 4.48. The van der Waals surface area contributed by atoms with Crippen LogP contribution in [0.4, 0.5) is 0 Å². The van der Waals surface area contributed by atoms with Crippen molar-refractivity contribution in [1.29, 1.82) is 0 Å². The van der Waals surface area contributed by atoms with Crippen molar-refractivity contribution in [1.82, 2.24) is 0 Å². The fraction of sp³-hybridized carbons (Fsp3) is 0.619. The molecule has 1 rings (SSSR count). The number of ether oxygens (including phenoxy) is 1. The van der Waals surface area contributed by atoms with Gasteiger partial charge in [-0.25, -0.2) is 0 Å². The fourth-order valence-corrected chi connectivity index (χ4v) is 2.93. The van der Waals surface area contributed by atoms with Crippen LogP contribution in [0.3, 0.4) is 0 Å². The molecule has 0 saturated carbocycles. The highest BCUT2D eigenvalue weighted by Gasteiger charge is 2.27. The van der Waals surface area contributed by atoms with E-state index >= 15 is 0 Å². The number of unbranched alkanes of at least 4 members (excludes halogenated alkanes) is 4. The first kappa shape index (κ1) is 20.4. The second kappa shape index (κ2) is 12.7. The molecule has 1 aliphatic rings.